The maximum atomic E-state index is 10.8. The van der Waals surface area contributed by atoms with E-state index in [1.54, 1.807) is 26.0 Å². The number of rotatable bonds is 5. The molecule has 0 aliphatic carbocycles. The summed E-state index contributed by atoms with van der Waals surface area (Å²) in [7, 11) is 0. The molecule has 0 aliphatic rings. The van der Waals surface area contributed by atoms with Crippen LogP contribution in [0.3, 0.4) is 0 Å². The van der Waals surface area contributed by atoms with Gasteiger partial charge in [0.25, 0.3) is 5.69 Å². The SMILES string of the molecule is Cc1ccc(SCC(C)C(=O)O)c([N+](=O)[O-])c1. The Bertz CT molecular complexity index is 447. The van der Waals surface area contributed by atoms with Crippen molar-refractivity contribution >= 4 is 23.4 Å². The minimum absolute atomic E-state index is 0.0348. The first-order valence-corrected chi connectivity index (χ1v) is 6.01. The van der Waals surface area contributed by atoms with Crippen LogP contribution in [0.5, 0.6) is 0 Å². The number of benzene rings is 1. The first-order valence-electron chi connectivity index (χ1n) is 5.02. The molecule has 1 N–H and O–H groups in total. The lowest BCUT2D eigenvalue weighted by atomic mass is 10.2. The zero-order chi connectivity index (χ0) is 13.0. The van der Waals surface area contributed by atoms with E-state index in [1.165, 1.54) is 17.8 Å². The molecule has 1 aromatic carbocycles. The van der Waals surface area contributed by atoms with Crippen molar-refractivity contribution in [1.82, 2.24) is 0 Å². The van der Waals surface area contributed by atoms with Gasteiger partial charge in [-0.05, 0) is 18.6 Å². The van der Waals surface area contributed by atoms with E-state index < -0.39 is 16.8 Å². The van der Waals surface area contributed by atoms with Crippen LogP contribution in [0.25, 0.3) is 0 Å². The summed E-state index contributed by atoms with van der Waals surface area (Å²) in [6.45, 7) is 3.36. The van der Waals surface area contributed by atoms with Crippen molar-refractivity contribution in [2.45, 2.75) is 18.7 Å². The number of aliphatic carboxylic acids is 1. The number of carboxylic acid groups (broad SMARTS) is 1. The average Bonchev–Trinajstić information content (AvgIpc) is 2.26. The van der Waals surface area contributed by atoms with Crippen LogP contribution < -0.4 is 0 Å². The smallest absolute Gasteiger partial charge is 0.307 e. The van der Waals surface area contributed by atoms with Crippen molar-refractivity contribution in [2.24, 2.45) is 5.92 Å². The van der Waals surface area contributed by atoms with E-state index in [-0.39, 0.29) is 5.69 Å². The molecule has 6 heteroatoms. The van der Waals surface area contributed by atoms with Crippen LogP contribution in [0, 0.1) is 23.0 Å². The summed E-state index contributed by atoms with van der Waals surface area (Å²) in [5, 5.41) is 19.6. The normalized spacial score (nSPS) is 12.1. The zero-order valence-electron chi connectivity index (χ0n) is 9.54. The summed E-state index contributed by atoms with van der Waals surface area (Å²) < 4.78 is 0. The maximum Gasteiger partial charge on any atom is 0.307 e. The molecule has 0 radical (unpaired) electrons. The Hall–Kier alpha value is -1.56. The highest BCUT2D eigenvalue weighted by atomic mass is 32.2. The molecule has 1 aromatic rings. The molecule has 1 rings (SSSR count). The topological polar surface area (TPSA) is 80.4 Å². The van der Waals surface area contributed by atoms with Crippen molar-refractivity contribution in [3.8, 4) is 0 Å². The number of hydrogen-bond donors (Lipinski definition) is 1. The van der Waals surface area contributed by atoms with Crippen molar-refractivity contribution < 1.29 is 14.8 Å². The van der Waals surface area contributed by atoms with Crippen molar-refractivity contribution in [2.75, 3.05) is 5.75 Å². The number of nitrogens with zero attached hydrogens (tertiary/aromatic N) is 1. The third-order valence-electron chi connectivity index (χ3n) is 2.22. The van der Waals surface area contributed by atoms with Crippen molar-refractivity contribution in [1.29, 1.82) is 0 Å². The third-order valence-corrected chi connectivity index (χ3v) is 3.54. The number of thioether (sulfide) groups is 1. The molecule has 0 aliphatic heterocycles. The second-order valence-corrected chi connectivity index (χ2v) is 4.84. The molecule has 0 bridgehead atoms. The van der Waals surface area contributed by atoms with Gasteiger partial charge in [-0.1, -0.05) is 13.0 Å². The molecule has 0 amide bonds. The molecule has 0 saturated heterocycles. The van der Waals surface area contributed by atoms with Crippen LogP contribution in [0.4, 0.5) is 5.69 Å². The quantitative estimate of drug-likeness (QED) is 0.497. The Morgan fingerprint density at radius 1 is 1.59 bits per heavy atom. The maximum absolute atomic E-state index is 10.8. The Labute approximate surface area is 103 Å². The molecule has 1 atom stereocenters. The predicted molar refractivity (Wildman–Crippen MR) is 65.4 cm³/mol. The summed E-state index contributed by atoms with van der Waals surface area (Å²) in [5.41, 5.74) is 0.847. The Morgan fingerprint density at radius 3 is 2.76 bits per heavy atom. The van der Waals surface area contributed by atoms with E-state index in [0.717, 1.165) is 5.56 Å². The van der Waals surface area contributed by atoms with Crippen LogP contribution >= 0.6 is 11.8 Å². The van der Waals surface area contributed by atoms with Crippen molar-refractivity contribution in [3.63, 3.8) is 0 Å². The number of nitro benzene ring substituents is 1. The number of aryl methyl sites for hydroxylation is 1. The monoisotopic (exact) mass is 255 g/mol. The summed E-state index contributed by atoms with van der Waals surface area (Å²) >= 11 is 1.20. The molecule has 0 spiro atoms. The van der Waals surface area contributed by atoms with Gasteiger partial charge in [0.1, 0.15) is 0 Å². The van der Waals surface area contributed by atoms with Crippen LogP contribution in [0.15, 0.2) is 23.1 Å². The van der Waals surface area contributed by atoms with Gasteiger partial charge in [0.05, 0.1) is 15.7 Å². The molecule has 0 saturated carbocycles. The number of carbonyl (C=O) groups is 1. The van der Waals surface area contributed by atoms with Gasteiger partial charge in [-0.25, -0.2) is 0 Å². The minimum atomic E-state index is -0.896. The van der Waals surface area contributed by atoms with Crippen LogP contribution in [-0.2, 0) is 4.79 Å². The molecule has 0 aromatic heterocycles. The van der Waals surface area contributed by atoms with E-state index in [4.69, 9.17) is 5.11 Å². The van der Waals surface area contributed by atoms with Gasteiger partial charge in [-0.15, -0.1) is 11.8 Å². The molecule has 17 heavy (non-hydrogen) atoms. The van der Waals surface area contributed by atoms with Gasteiger partial charge in [0.15, 0.2) is 0 Å². The zero-order valence-corrected chi connectivity index (χ0v) is 10.4. The number of carboxylic acids is 1. The molecule has 0 fully saturated rings. The Balaban J connectivity index is 2.84. The fraction of sp³-hybridized carbons (Fsp3) is 0.364. The first-order chi connectivity index (χ1) is 7.91. The molecule has 92 valence electrons. The van der Waals surface area contributed by atoms with Crippen LogP contribution in [-0.4, -0.2) is 21.8 Å². The van der Waals surface area contributed by atoms with Gasteiger partial charge >= 0.3 is 5.97 Å². The predicted octanol–water partition coefficient (Wildman–Crippen LogP) is 2.72. The van der Waals surface area contributed by atoms with Gasteiger partial charge < -0.3 is 5.11 Å². The van der Waals surface area contributed by atoms with Crippen LogP contribution in [0.2, 0.25) is 0 Å². The highest BCUT2D eigenvalue weighted by Crippen LogP contribution is 2.31. The van der Waals surface area contributed by atoms with E-state index in [2.05, 4.69) is 0 Å². The second-order valence-electron chi connectivity index (χ2n) is 3.78. The fourth-order valence-corrected chi connectivity index (χ4v) is 2.20. The van der Waals surface area contributed by atoms with Gasteiger partial charge in [-0.2, -0.15) is 0 Å². The van der Waals surface area contributed by atoms with E-state index in [9.17, 15) is 14.9 Å². The molecule has 5 nitrogen and oxygen atoms in total. The lowest BCUT2D eigenvalue weighted by Crippen LogP contribution is -2.11. The Morgan fingerprint density at radius 2 is 2.24 bits per heavy atom. The Kier molecular flexibility index (Phi) is 4.51. The lowest BCUT2D eigenvalue weighted by Gasteiger charge is -2.06. The minimum Gasteiger partial charge on any atom is -0.481 e. The summed E-state index contributed by atoms with van der Waals surface area (Å²) in [4.78, 5) is 21.5. The lowest BCUT2D eigenvalue weighted by molar-refractivity contribution is -0.387. The highest BCUT2D eigenvalue weighted by molar-refractivity contribution is 7.99. The molecule has 1 unspecified atom stereocenters. The van der Waals surface area contributed by atoms with Gasteiger partial charge in [0.2, 0.25) is 0 Å². The number of hydrogen-bond acceptors (Lipinski definition) is 4. The summed E-state index contributed by atoms with van der Waals surface area (Å²) in [5.74, 6) is -1.10. The number of nitro groups is 1. The van der Waals surface area contributed by atoms with E-state index >= 15 is 0 Å². The van der Waals surface area contributed by atoms with E-state index in [0.29, 0.717) is 10.6 Å². The second kappa shape index (κ2) is 5.67. The summed E-state index contributed by atoms with van der Waals surface area (Å²) in [6.07, 6.45) is 0. The highest BCUT2D eigenvalue weighted by Gasteiger charge is 2.17. The molecular weight excluding hydrogens is 242 g/mol. The molecular formula is C11H13NO4S. The van der Waals surface area contributed by atoms with Crippen LogP contribution in [0.1, 0.15) is 12.5 Å². The molecule has 0 heterocycles. The van der Waals surface area contributed by atoms with Gasteiger partial charge in [0, 0.05) is 11.8 Å². The largest absolute Gasteiger partial charge is 0.481 e. The average molecular weight is 255 g/mol. The van der Waals surface area contributed by atoms with E-state index in [1.807, 2.05) is 0 Å². The van der Waals surface area contributed by atoms with Gasteiger partial charge in [-0.3, -0.25) is 14.9 Å². The standard InChI is InChI=1S/C11H13NO4S/c1-7-3-4-10(9(5-7)12(15)16)17-6-8(2)11(13)14/h3-5,8H,6H2,1-2H3,(H,13,14). The van der Waals surface area contributed by atoms with Crippen molar-refractivity contribution in [3.05, 3.63) is 33.9 Å². The fourth-order valence-electron chi connectivity index (χ4n) is 1.18. The first kappa shape index (κ1) is 13.5. The third kappa shape index (κ3) is 3.74. The summed E-state index contributed by atoms with van der Waals surface area (Å²) in [6, 6.07) is 4.93.